The maximum absolute atomic E-state index is 13.6. The maximum atomic E-state index is 13.6. The number of benzene rings is 1. The van der Waals surface area contributed by atoms with E-state index >= 15 is 0 Å². The van der Waals surface area contributed by atoms with Crippen LogP contribution in [0.2, 0.25) is 0 Å². The monoisotopic (exact) mass is 266 g/mol. The first kappa shape index (κ1) is 15.4. The fourth-order valence-electron chi connectivity index (χ4n) is 1.32. The molecule has 0 spiro atoms. The van der Waals surface area contributed by atoms with E-state index in [-0.39, 0.29) is 6.42 Å². The molecule has 0 saturated heterocycles. The molecule has 0 amide bonds. The summed E-state index contributed by atoms with van der Waals surface area (Å²) < 4.78 is 13.6. The van der Waals surface area contributed by atoms with E-state index in [4.69, 9.17) is 9.78 Å². The molecule has 1 unspecified atom stereocenters. The summed E-state index contributed by atoms with van der Waals surface area (Å²) in [6, 6.07) is 6.14. The van der Waals surface area contributed by atoms with Crippen LogP contribution < -0.4 is 0 Å². The van der Waals surface area contributed by atoms with Crippen LogP contribution in [-0.2, 0) is 9.78 Å². The first-order valence-electron chi connectivity index (χ1n) is 6.08. The average molecular weight is 266 g/mol. The van der Waals surface area contributed by atoms with E-state index in [1.807, 2.05) is 0 Å². The van der Waals surface area contributed by atoms with E-state index in [0.717, 1.165) is 0 Å². The van der Waals surface area contributed by atoms with E-state index in [1.165, 1.54) is 18.2 Å². The smallest absolute Gasteiger partial charge is 0.292 e. The van der Waals surface area contributed by atoms with Gasteiger partial charge in [-0.2, -0.15) is 4.89 Å². The molecule has 0 saturated carbocycles. The molecule has 0 heterocycles. The van der Waals surface area contributed by atoms with Crippen LogP contribution in [-0.4, -0.2) is 11.6 Å². The number of hydrogen-bond donors (Lipinski definition) is 0. The lowest BCUT2D eigenvalue weighted by Crippen LogP contribution is -2.21. The lowest BCUT2D eigenvalue weighted by molar-refractivity contribution is -0.301. The third-order valence-corrected chi connectivity index (χ3v) is 2.25. The number of halogens is 1. The van der Waals surface area contributed by atoms with Gasteiger partial charge in [0.25, 0.3) is 0 Å². The quantitative estimate of drug-likeness (QED) is 0.456. The van der Waals surface area contributed by atoms with Gasteiger partial charge in [-0.3, -0.25) is 4.89 Å². The van der Waals surface area contributed by atoms with E-state index in [0.29, 0.717) is 11.1 Å². The van der Waals surface area contributed by atoms with Crippen LogP contribution >= 0.6 is 0 Å². The summed E-state index contributed by atoms with van der Waals surface area (Å²) in [7, 11) is 0. The Bertz CT molecular complexity index is 432. The van der Waals surface area contributed by atoms with Gasteiger partial charge < -0.3 is 0 Å². The highest BCUT2D eigenvalue weighted by Gasteiger charge is 2.17. The summed E-state index contributed by atoms with van der Waals surface area (Å²) in [6.45, 7) is 8.80. The molecule has 1 rings (SSSR count). The molecule has 1 aromatic rings. The fourth-order valence-corrected chi connectivity index (χ4v) is 1.32. The standard InChI is InChI=1S/C15H19FO3/c1-5-6-13(16)11-7-9-12(10-8-11)14(17)18-19-15(2,3)4/h5,7-10,13H,1,6H2,2-4H3. The van der Waals surface area contributed by atoms with Crippen molar-refractivity contribution in [2.75, 3.05) is 0 Å². The van der Waals surface area contributed by atoms with E-state index < -0.39 is 17.7 Å². The molecule has 0 radical (unpaired) electrons. The molecule has 0 aromatic heterocycles. The van der Waals surface area contributed by atoms with Crippen molar-refractivity contribution in [3.05, 3.63) is 48.0 Å². The maximum Gasteiger partial charge on any atom is 0.373 e. The molecule has 4 heteroatoms. The Balaban J connectivity index is 2.65. The molecule has 0 bridgehead atoms. The molecule has 0 N–H and O–H groups in total. The van der Waals surface area contributed by atoms with Crippen LogP contribution in [0.4, 0.5) is 4.39 Å². The number of allylic oxidation sites excluding steroid dienone is 1. The molecular weight excluding hydrogens is 247 g/mol. The first-order valence-corrected chi connectivity index (χ1v) is 6.08. The van der Waals surface area contributed by atoms with Gasteiger partial charge in [0.15, 0.2) is 0 Å². The SMILES string of the molecule is C=CCC(F)c1ccc(C(=O)OOC(C)(C)C)cc1. The highest BCUT2D eigenvalue weighted by Crippen LogP contribution is 2.22. The molecule has 1 aromatic carbocycles. The molecule has 0 aliphatic carbocycles. The van der Waals surface area contributed by atoms with Crippen molar-refractivity contribution in [1.29, 1.82) is 0 Å². The summed E-state index contributed by atoms with van der Waals surface area (Å²) in [4.78, 5) is 21.3. The van der Waals surface area contributed by atoms with E-state index in [9.17, 15) is 9.18 Å². The molecule has 0 fully saturated rings. The Kier molecular flexibility index (Phi) is 5.24. The summed E-state index contributed by atoms with van der Waals surface area (Å²) >= 11 is 0. The van der Waals surface area contributed by atoms with E-state index in [2.05, 4.69) is 6.58 Å². The summed E-state index contributed by atoms with van der Waals surface area (Å²) in [5.41, 5.74) is 0.260. The van der Waals surface area contributed by atoms with E-state index in [1.54, 1.807) is 32.9 Å². The second-order valence-corrected chi connectivity index (χ2v) is 5.18. The number of alkyl halides is 1. The van der Waals surface area contributed by atoms with Crippen LogP contribution in [0.3, 0.4) is 0 Å². The van der Waals surface area contributed by atoms with Crippen LogP contribution in [0.25, 0.3) is 0 Å². The lowest BCUT2D eigenvalue weighted by Gasteiger charge is -2.16. The minimum Gasteiger partial charge on any atom is -0.292 e. The largest absolute Gasteiger partial charge is 0.373 e. The minimum atomic E-state index is -1.10. The number of carbonyl (C=O) groups excluding carboxylic acids is 1. The van der Waals surface area contributed by atoms with Gasteiger partial charge in [-0.1, -0.05) is 18.2 Å². The number of rotatable bonds is 5. The van der Waals surface area contributed by atoms with Gasteiger partial charge >= 0.3 is 5.97 Å². The first-order chi connectivity index (χ1) is 8.83. The van der Waals surface area contributed by atoms with Crippen molar-refractivity contribution < 1.29 is 19.0 Å². The average Bonchev–Trinajstić information content (AvgIpc) is 2.35. The van der Waals surface area contributed by atoms with Crippen LogP contribution in [0.15, 0.2) is 36.9 Å². The van der Waals surface area contributed by atoms with Gasteiger partial charge in [-0.25, -0.2) is 9.18 Å². The summed E-state index contributed by atoms with van der Waals surface area (Å²) in [5.74, 6) is -0.597. The van der Waals surface area contributed by atoms with Crippen molar-refractivity contribution in [3.8, 4) is 0 Å². The normalized spacial score (nSPS) is 12.8. The van der Waals surface area contributed by atoms with Gasteiger partial charge in [0.1, 0.15) is 11.8 Å². The molecule has 1 atom stereocenters. The van der Waals surface area contributed by atoms with Gasteiger partial charge in [0.2, 0.25) is 0 Å². The Morgan fingerprint density at radius 3 is 2.42 bits per heavy atom. The highest BCUT2D eigenvalue weighted by atomic mass is 19.1. The van der Waals surface area contributed by atoms with Gasteiger partial charge in [0, 0.05) is 6.42 Å². The Morgan fingerprint density at radius 1 is 1.37 bits per heavy atom. The Hall–Kier alpha value is -1.68. The third-order valence-electron chi connectivity index (χ3n) is 2.25. The van der Waals surface area contributed by atoms with Gasteiger partial charge in [-0.05, 0) is 38.5 Å². The molecule has 104 valence electrons. The van der Waals surface area contributed by atoms with Crippen molar-refractivity contribution in [1.82, 2.24) is 0 Å². The number of carbonyl (C=O) groups is 1. The van der Waals surface area contributed by atoms with Gasteiger partial charge in [-0.15, -0.1) is 6.58 Å². The predicted molar refractivity (Wildman–Crippen MR) is 71.4 cm³/mol. The Labute approximate surface area is 113 Å². The minimum absolute atomic E-state index is 0.247. The second-order valence-electron chi connectivity index (χ2n) is 5.18. The molecule has 0 aliphatic rings. The van der Waals surface area contributed by atoms with Crippen molar-refractivity contribution in [2.24, 2.45) is 0 Å². The second kappa shape index (κ2) is 6.48. The zero-order valence-electron chi connectivity index (χ0n) is 11.5. The van der Waals surface area contributed by atoms with Crippen molar-refractivity contribution in [2.45, 2.75) is 39.0 Å². The van der Waals surface area contributed by atoms with Crippen LogP contribution in [0, 0.1) is 0 Å². The lowest BCUT2D eigenvalue weighted by atomic mass is 10.1. The molecular formula is C15H19FO3. The Morgan fingerprint density at radius 2 is 1.95 bits per heavy atom. The third kappa shape index (κ3) is 5.22. The molecule has 19 heavy (non-hydrogen) atoms. The van der Waals surface area contributed by atoms with Gasteiger partial charge in [0.05, 0.1) is 5.56 Å². The fraction of sp³-hybridized carbons (Fsp3) is 0.400. The zero-order valence-corrected chi connectivity index (χ0v) is 11.5. The molecule has 3 nitrogen and oxygen atoms in total. The number of hydrogen-bond acceptors (Lipinski definition) is 3. The van der Waals surface area contributed by atoms with Crippen molar-refractivity contribution in [3.63, 3.8) is 0 Å². The summed E-state index contributed by atoms with van der Waals surface area (Å²) in [5, 5.41) is 0. The zero-order chi connectivity index (χ0) is 14.5. The van der Waals surface area contributed by atoms with Crippen LogP contribution in [0.1, 0.15) is 49.3 Å². The van der Waals surface area contributed by atoms with Crippen molar-refractivity contribution >= 4 is 5.97 Å². The van der Waals surface area contributed by atoms with Crippen LogP contribution in [0.5, 0.6) is 0 Å². The molecule has 0 aliphatic heterocycles. The summed E-state index contributed by atoms with van der Waals surface area (Å²) in [6.07, 6.45) is 0.661. The topological polar surface area (TPSA) is 35.5 Å². The highest BCUT2D eigenvalue weighted by molar-refractivity contribution is 5.88. The predicted octanol–water partition coefficient (Wildman–Crippen LogP) is 4.16.